The third-order valence-electron chi connectivity index (χ3n) is 3.87. The molecule has 1 aliphatic heterocycles. The number of hydrogen-bond acceptors (Lipinski definition) is 1. The fourth-order valence-electron chi connectivity index (χ4n) is 2.90. The second-order valence-corrected chi connectivity index (χ2v) is 6.04. The number of rotatable bonds is 0. The Morgan fingerprint density at radius 2 is 2.29 bits per heavy atom. The molecule has 1 saturated heterocycles. The van der Waals surface area contributed by atoms with Crippen LogP contribution in [0.2, 0.25) is 0 Å². The Bertz CT molecular complexity index is 348. The summed E-state index contributed by atoms with van der Waals surface area (Å²) in [7, 11) is 0. The monoisotopic (exact) mass is 204 g/mol. The Morgan fingerprint density at radius 1 is 1.43 bits per heavy atom. The highest BCUT2D eigenvalue weighted by Gasteiger charge is 2.43. The predicted molar refractivity (Wildman–Crippen MR) is 63.2 cm³/mol. The Balaban J connectivity index is 1.96. The fourth-order valence-corrected chi connectivity index (χ4v) is 4.36. The van der Waals surface area contributed by atoms with Crippen LogP contribution in [-0.2, 0) is 0 Å². The molecule has 1 saturated carbocycles. The Kier molecular flexibility index (Phi) is 1.91. The standard InChI is InChI=1S/C13H16S/c1-8-3-4-10-11-5-6-13(11)14-9(2)12(10)7-8/h3,7,10-11,13H,2,4-6H2,1H3/t10-,11?,13?/m1/s1. The van der Waals surface area contributed by atoms with E-state index < -0.39 is 0 Å². The molecule has 2 aliphatic carbocycles. The maximum atomic E-state index is 4.22. The van der Waals surface area contributed by atoms with E-state index in [0.717, 1.165) is 17.1 Å². The van der Waals surface area contributed by atoms with Crippen LogP contribution in [0.4, 0.5) is 0 Å². The van der Waals surface area contributed by atoms with E-state index in [1.807, 2.05) is 11.8 Å². The summed E-state index contributed by atoms with van der Waals surface area (Å²) in [6.07, 6.45) is 8.88. The zero-order valence-corrected chi connectivity index (χ0v) is 9.44. The Morgan fingerprint density at radius 3 is 3.00 bits per heavy atom. The molecule has 2 fully saturated rings. The number of fused-ring (bicyclic) bond motifs is 3. The highest BCUT2D eigenvalue weighted by Crippen LogP contribution is 2.56. The molecule has 3 atom stereocenters. The average molecular weight is 204 g/mol. The molecule has 0 nitrogen and oxygen atoms in total. The van der Waals surface area contributed by atoms with Gasteiger partial charge in [-0.05, 0) is 43.6 Å². The van der Waals surface area contributed by atoms with Gasteiger partial charge in [-0.3, -0.25) is 0 Å². The van der Waals surface area contributed by atoms with Crippen molar-refractivity contribution in [2.75, 3.05) is 0 Å². The van der Waals surface area contributed by atoms with Gasteiger partial charge in [0.25, 0.3) is 0 Å². The van der Waals surface area contributed by atoms with Crippen molar-refractivity contribution < 1.29 is 0 Å². The van der Waals surface area contributed by atoms with Crippen LogP contribution in [0.25, 0.3) is 0 Å². The first-order valence-electron chi connectivity index (χ1n) is 5.50. The third-order valence-corrected chi connectivity index (χ3v) is 5.28. The van der Waals surface area contributed by atoms with Crippen LogP contribution in [0.1, 0.15) is 26.2 Å². The minimum atomic E-state index is 0.811. The van der Waals surface area contributed by atoms with Gasteiger partial charge in [-0.1, -0.05) is 24.3 Å². The van der Waals surface area contributed by atoms with Crippen molar-refractivity contribution in [2.24, 2.45) is 11.8 Å². The normalized spacial score (nSPS) is 40.4. The highest BCUT2D eigenvalue weighted by molar-refractivity contribution is 8.04. The first-order chi connectivity index (χ1) is 6.75. The molecule has 0 amide bonds. The van der Waals surface area contributed by atoms with Crippen LogP contribution in [0.5, 0.6) is 0 Å². The van der Waals surface area contributed by atoms with Crippen molar-refractivity contribution in [1.29, 1.82) is 0 Å². The van der Waals surface area contributed by atoms with E-state index in [-0.39, 0.29) is 0 Å². The van der Waals surface area contributed by atoms with E-state index in [9.17, 15) is 0 Å². The molecule has 0 radical (unpaired) electrons. The molecule has 74 valence electrons. The number of thioether (sulfide) groups is 1. The van der Waals surface area contributed by atoms with Crippen molar-refractivity contribution in [3.63, 3.8) is 0 Å². The van der Waals surface area contributed by atoms with Crippen LogP contribution in [-0.4, -0.2) is 5.25 Å². The van der Waals surface area contributed by atoms with Gasteiger partial charge in [0.05, 0.1) is 0 Å². The third kappa shape index (κ3) is 1.15. The van der Waals surface area contributed by atoms with Gasteiger partial charge >= 0.3 is 0 Å². The van der Waals surface area contributed by atoms with E-state index >= 15 is 0 Å². The molecule has 1 heteroatoms. The van der Waals surface area contributed by atoms with Crippen LogP contribution < -0.4 is 0 Å². The smallest absolute Gasteiger partial charge is 0.0129 e. The van der Waals surface area contributed by atoms with Gasteiger partial charge in [0.1, 0.15) is 0 Å². The lowest BCUT2D eigenvalue weighted by Crippen LogP contribution is -2.39. The topological polar surface area (TPSA) is 0 Å². The summed E-state index contributed by atoms with van der Waals surface area (Å²) in [4.78, 5) is 1.35. The van der Waals surface area contributed by atoms with Crippen LogP contribution in [0.3, 0.4) is 0 Å². The Hall–Kier alpha value is -0.430. The van der Waals surface area contributed by atoms with Gasteiger partial charge in [-0.25, -0.2) is 0 Å². The molecule has 2 unspecified atom stereocenters. The summed E-state index contributed by atoms with van der Waals surface area (Å²) in [6, 6.07) is 0. The zero-order chi connectivity index (χ0) is 9.71. The number of allylic oxidation sites excluding steroid dienone is 4. The first kappa shape index (κ1) is 8.84. The molecule has 0 aromatic rings. The molecular weight excluding hydrogens is 188 g/mol. The van der Waals surface area contributed by atoms with Gasteiger partial charge in [-0.2, -0.15) is 0 Å². The minimum absolute atomic E-state index is 0.811. The van der Waals surface area contributed by atoms with Gasteiger partial charge in [0, 0.05) is 10.2 Å². The maximum Gasteiger partial charge on any atom is 0.0129 e. The molecule has 0 aromatic heterocycles. The van der Waals surface area contributed by atoms with Crippen molar-refractivity contribution in [2.45, 2.75) is 31.4 Å². The molecule has 3 rings (SSSR count). The molecule has 0 bridgehead atoms. The summed E-state index contributed by atoms with van der Waals surface area (Å²) in [5.74, 6) is 1.77. The lowest BCUT2D eigenvalue weighted by Gasteiger charge is -2.48. The largest absolute Gasteiger partial charge is 0.123 e. The first-order valence-corrected chi connectivity index (χ1v) is 6.38. The van der Waals surface area contributed by atoms with Gasteiger partial charge in [0.2, 0.25) is 0 Å². The Labute approximate surface area is 90.2 Å². The van der Waals surface area contributed by atoms with Crippen molar-refractivity contribution in [3.8, 4) is 0 Å². The summed E-state index contributed by atoms with van der Waals surface area (Å²) in [5, 5.41) is 0.899. The SMILES string of the molecule is C=C1SC2CCC2[C@H]2CC=C(C)C=C12. The van der Waals surface area contributed by atoms with Crippen LogP contribution in [0, 0.1) is 11.8 Å². The molecule has 0 aromatic carbocycles. The maximum absolute atomic E-state index is 4.22. The second kappa shape index (κ2) is 3.03. The van der Waals surface area contributed by atoms with Gasteiger partial charge in [0.15, 0.2) is 0 Å². The number of hydrogen-bond donors (Lipinski definition) is 0. The minimum Gasteiger partial charge on any atom is -0.123 e. The van der Waals surface area contributed by atoms with E-state index in [4.69, 9.17) is 0 Å². The van der Waals surface area contributed by atoms with E-state index in [0.29, 0.717) is 0 Å². The zero-order valence-electron chi connectivity index (χ0n) is 8.62. The summed E-state index contributed by atoms with van der Waals surface area (Å²) in [6.45, 7) is 6.42. The highest BCUT2D eigenvalue weighted by atomic mass is 32.2. The lowest BCUT2D eigenvalue weighted by molar-refractivity contribution is 0.242. The predicted octanol–water partition coefficient (Wildman–Crippen LogP) is 3.92. The quantitative estimate of drug-likeness (QED) is 0.576. The van der Waals surface area contributed by atoms with Gasteiger partial charge < -0.3 is 0 Å². The van der Waals surface area contributed by atoms with Crippen molar-refractivity contribution in [1.82, 2.24) is 0 Å². The summed E-state index contributed by atoms with van der Waals surface area (Å²) in [5.41, 5.74) is 2.98. The van der Waals surface area contributed by atoms with E-state index in [1.165, 1.54) is 29.7 Å². The average Bonchev–Trinajstić information content (AvgIpc) is 2.13. The van der Waals surface area contributed by atoms with Crippen molar-refractivity contribution >= 4 is 11.8 Å². The van der Waals surface area contributed by atoms with E-state index in [1.54, 1.807) is 5.57 Å². The summed E-state index contributed by atoms with van der Waals surface area (Å²) >= 11 is 2.03. The fraction of sp³-hybridized carbons (Fsp3) is 0.538. The molecule has 0 N–H and O–H groups in total. The van der Waals surface area contributed by atoms with Crippen LogP contribution >= 0.6 is 11.8 Å². The van der Waals surface area contributed by atoms with Crippen LogP contribution in [0.15, 0.2) is 34.8 Å². The second-order valence-electron chi connectivity index (χ2n) is 4.71. The molecule has 0 spiro atoms. The molecule has 14 heavy (non-hydrogen) atoms. The van der Waals surface area contributed by atoms with Gasteiger partial charge in [-0.15, -0.1) is 11.8 Å². The summed E-state index contributed by atoms with van der Waals surface area (Å²) < 4.78 is 0. The molecular formula is C13H16S. The van der Waals surface area contributed by atoms with E-state index in [2.05, 4.69) is 25.7 Å². The molecule has 3 aliphatic rings. The molecule has 1 heterocycles. The van der Waals surface area contributed by atoms with Crippen molar-refractivity contribution in [3.05, 3.63) is 34.8 Å². The lowest BCUT2D eigenvalue weighted by atomic mass is 9.68.